The Labute approximate surface area is 281 Å². The predicted molar refractivity (Wildman–Crippen MR) is 181 cm³/mol. The van der Waals surface area contributed by atoms with Crippen molar-refractivity contribution in [1.29, 1.82) is 0 Å². The van der Waals surface area contributed by atoms with E-state index in [0.717, 1.165) is 0 Å². The number of rotatable bonds is 10. The topological polar surface area (TPSA) is 86.7 Å². The molecule has 0 fully saturated rings. The van der Waals surface area contributed by atoms with Crippen molar-refractivity contribution < 1.29 is 27.5 Å². The molecule has 0 aliphatic rings. The highest BCUT2D eigenvalue weighted by Gasteiger charge is 2.18. The average Bonchev–Trinajstić information content (AvgIpc) is 3.09. The second-order valence-electron chi connectivity index (χ2n) is 10.4. The van der Waals surface area contributed by atoms with E-state index in [4.69, 9.17) is 32.7 Å². The summed E-state index contributed by atoms with van der Waals surface area (Å²) in [7, 11) is -3.81. The quantitative estimate of drug-likeness (QED) is 0.134. The number of hydrogen-bond acceptors (Lipinski definition) is 6. The molecule has 0 N–H and O–H groups in total. The van der Waals surface area contributed by atoms with E-state index in [9.17, 15) is 18.0 Å². The maximum Gasteiger partial charge on any atom is 0.206 e. The summed E-state index contributed by atoms with van der Waals surface area (Å²) in [5, 5.41) is 1.11. The van der Waals surface area contributed by atoms with Gasteiger partial charge < -0.3 is 9.47 Å². The third kappa shape index (κ3) is 7.45. The Bertz CT molecular complexity index is 1990. The summed E-state index contributed by atoms with van der Waals surface area (Å²) in [6.07, 6.45) is 0. The molecule has 0 atom stereocenters. The summed E-state index contributed by atoms with van der Waals surface area (Å²) >= 11 is 11.8. The zero-order chi connectivity index (χ0) is 33.0. The maximum atomic E-state index is 13.3. The summed E-state index contributed by atoms with van der Waals surface area (Å²) in [6, 6.07) is 38.8. The molecule has 0 radical (unpaired) electrons. The zero-order valence-electron chi connectivity index (χ0n) is 24.5. The van der Waals surface area contributed by atoms with Gasteiger partial charge in [-0.3, -0.25) is 9.59 Å². The Balaban J connectivity index is 1.07. The smallest absolute Gasteiger partial charge is 0.206 e. The second kappa shape index (κ2) is 13.6. The first-order chi connectivity index (χ1) is 22.7. The molecule has 6 aromatic rings. The number of halogens is 2. The van der Waals surface area contributed by atoms with Gasteiger partial charge >= 0.3 is 0 Å². The van der Waals surface area contributed by atoms with Crippen molar-refractivity contribution in [1.82, 2.24) is 0 Å². The van der Waals surface area contributed by atoms with Crippen LogP contribution in [-0.4, -0.2) is 20.0 Å². The van der Waals surface area contributed by atoms with E-state index in [1.54, 1.807) is 121 Å². The van der Waals surface area contributed by atoms with E-state index < -0.39 is 9.84 Å². The lowest BCUT2D eigenvalue weighted by molar-refractivity contribution is 0.103. The minimum atomic E-state index is -3.81. The van der Waals surface area contributed by atoms with E-state index in [0.29, 0.717) is 55.3 Å². The van der Waals surface area contributed by atoms with Crippen molar-refractivity contribution in [3.8, 4) is 23.0 Å². The van der Waals surface area contributed by atoms with Gasteiger partial charge in [-0.05, 0) is 146 Å². The number of carbonyl (C=O) groups excluding carboxylic acids is 2. The molecule has 232 valence electrons. The van der Waals surface area contributed by atoms with Crippen LogP contribution in [-0.2, 0) is 9.84 Å². The maximum absolute atomic E-state index is 13.3. The molecule has 0 heterocycles. The van der Waals surface area contributed by atoms with Gasteiger partial charge in [-0.25, -0.2) is 8.42 Å². The van der Waals surface area contributed by atoms with Crippen LogP contribution in [0.2, 0.25) is 10.0 Å². The highest BCUT2D eigenvalue weighted by molar-refractivity contribution is 7.91. The lowest BCUT2D eigenvalue weighted by Gasteiger charge is -2.10. The molecule has 0 saturated carbocycles. The molecule has 0 amide bonds. The van der Waals surface area contributed by atoms with Gasteiger partial charge in [0.1, 0.15) is 23.0 Å². The molecule has 0 aliphatic carbocycles. The second-order valence-corrected chi connectivity index (χ2v) is 13.2. The first-order valence-electron chi connectivity index (χ1n) is 14.3. The van der Waals surface area contributed by atoms with Crippen molar-refractivity contribution >= 4 is 44.6 Å². The third-order valence-corrected chi connectivity index (χ3v) is 9.47. The van der Waals surface area contributed by atoms with Crippen molar-refractivity contribution in [3.63, 3.8) is 0 Å². The normalized spacial score (nSPS) is 11.1. The molecule has 6 aromatic carbocycles. The minimum Gasteiger partial charge on any atom is -0.457 e. The van der Waals surface area contributed by atoms with Gasteiger partial charge in [-0.1, -0.05) is 23.2 Å². The fraction of sp³-hybridized carbons (Fsp3) is 0. The van der Waals surface area contributed by atoms with Crippen LogP contribution in [0, 0.1) is 0 Å². The predicted octanol–water partition coefficient (Wildman–Crippen LogP) is 9.87. The number of ether oxygens (including phenoxy) is 2. The first kappa shape index (κ1) is 31.8. The van der Waals surface area contributed by atoms with E-state index in [-0.39, 0.29) is 21.4 Å². The summed E-state index contributed by atoms with van der Waals surface area (Å²) < 4.78 is 38.3. The Morgan fingerprint density at radius 3 is 0.894 bits per heavy atom. The Hall–Kier alpha value is -5.21. The number of carbonyl (C=O) groups is 2. The van der Waals surface area contributed by atoms with Crippen LogP contribution >= 0.6 is 23.2 Å². The first-order valence-corrected chi connectivity index (χ1v) is 16.5. The molecule has 9 heteroatoms. The summed E-state index contributed by atoms with van der Waals surface area (Å²) in [5.41, 5.74) is 2.04. The van der Waals surface area contributed by atoms with Crippen LogP contribution in [0.4, 0.5) is 0 Å². The zero-order valence-corrected chi connectivity index (χ0v) is 26.8. The molecule has 47 heavy (non-hydrogen) atoms. The van der Waals surface area contributed by atoms with Gasteiger partial charge in [0.05, 0.1) is 9.79 Å². The van der Waals surface area contributed by atoms with Gasteiger partial charge in [0, 0.05) is 32.3 Å². The van der Waals surface area contributed by atoms with Crippen molar-refractivity contribution in [2.45, 2.75) is 9.79 Å². The molecule has 6 rings (SSSR count). The van der Waals surface area contributed by atoms with Gasteiger partial charge in [-0.2, -0.15) is 0 Å². The number of benzene rings is 6. The fourth-order valence-corrected chi connectivity index (χ4v) is 6.18. The highest BCUT2D eigenvalue weighted by atomic mass is 35.5. The number of hydrogen-bond donors (Lipinski definition) is 0. The molecular formula is C38H24Cl2O6S. The third-order valence-electron chi connectivity index (χ3n) is 7.19. The van der Waals surface area contributed by atoms with E-state index in [1.807, 2.05) is 0 Å². The number of ketones is 2. The van der Waals surface area contributed by atoms with Crippen molar-refractivity contribution in [3.05, 3.63) is 178 Å². The van der Waals surface area contributed by atoms with Crippen molar-refractivity contribution in [2.24, 2.45) is 0 Å². The van der Waals surface area contributed by atoms with E-state index in [2.05, 4.69) is 0 Å². The van der Waals surface area contributed by atoms with E-state index >= 15 is 0 Å². The van der Waals surface area contributed by atoms with Gasteiger partial charge in [-0.15, -0.1) is 0 Å². The summed E-state index contributed by atoms with van der Waals surface area (Å²) in [6.45, 7) is 0. The van der Waals surface area contributed by atoms with Crippen LogP contribution in [0.3, 0.4) is 0 Å². The molecule has 0 bridgehead atoms. The van der Waals surface area contributed by atoms with Crippen LogP contribution < -0.4 is 9.47 Å². The minimum absolute atomic E-state index is 0.100. The van der Waals surface area contributed by atoms with Crippen molar-refractivity contribution in [2.75, 3.05) is 0 Å². The standard InChI is InChI=1S/C38H24Cl2O6S/c39-29-9-1-25(2-10-29)37(41)27-5-13-31(14-6-27)45-33-17-21-35(22-18-33)47(43,44)36-23-19-34(20-24-36)46-32-15-7-28(8-16-32)38(42)26-3-11-30(40)12-4-26/h1-24H. The molecule has 0 unspecified atom stereocenters. The SMILES string of the molecule is O=C(c1ccc(Cl)cc1)c1ccc(Oc2ccc(S(=O)(=O)c3ccc(Oc4ccc(C(=O)c5ccc(Cl)cc5)cc4)cc3)cc2)cc1. The van der Waals surface area contributed by atoms with Gasteiger partial charge in [0.15, 0.2) is 11.6 Å². The summed E-state index contributed by atoms with van der Waals surface area (Å²) in [5.74, 6) is 1.58. The lowest BCUT2D eigenvalue weighted by Crippen LogP contribution is -2.02. The van der Waals surface area contributed by atoms with Crippen LogP contribution in [0.5, 0.6) is 23.0 Å². The Kier molecular flexibility index (Phi) is 9.22. The monoisotopic (exact) mass is 678 g/mol. The molecule has 0 aliphatic heterocycles. The molecule has 0 aromatic heterocycles. The van der Waals surface area contributed by atoms with Crippen LogP contribution in [0.1, 0.15) is 31.8 Å². The van der Waals surface area contributed by atoms with E-state index in [1.165, 1.54) is 24.3 Å². The molecule has 0 saturated heterocycles. The van der Waals surface area contributed by atoms with Gasteiger partial charge in [0.25, 0.3) is 0 Å². The number of sulfone groups is 1. The average molecular weight is 680 g/mol. The molecular weight excluding hydrogens is 655 g/mol. The highest BCUT2D eigenvalue weighted by Crippen LogP contribution is 2.29. The van der Waals surface area contributed by atoms with Crippen LogP contribution in [0.15, 0.2) is 155 Å². The fourth-order valence-electron chi connectivity index (χ4n) is 4.67. The lowest BCUT2D eigenvalue weighted by atomic mass is 10.0. The van der Waals surface area contributed by atoms with Gasteiger partial charge in [0.2, 0.25) is 9.84 Å². The Morgan fingerprint density at radius 2 is 0.617 bits per heavy atom. The van der Waals surface area contributed by atoms with Crippen LogP contribution in [0.25, 0.3) is 0 Å². The summed E-state index contributed by atoms with van der Waals surface area (Å²) in [4.78, 5) is 25.6. The molecule has 6 nitrogen and oxygen atoms in total. The Morgan fingerprint density at radius 1 is 0.383 bits per heavy atom. The molecule has 0 spiro atoms. The largest absolute Gasteiger partial charge is 0.457 e.